The van der Waals surface area contributed by atoms with Gasteiger partial charge < -0.3 is 45.5 Å². The molecule has 0 unspecified atom stereocenters. The monoisotopic (exact) mass is 1220 g/mol. The summed E-state index contributed by atoms with van der Waals surface area (Å²) in [6, 6.07) is 16.5. The first-order valence-electron chi connectivity index (χ1n) is 22.1. The number of anilines is 4. The quantitative estimate of drug-likeness (QED) is 0.0434. The number of carbonyl (C=O) groups excluding carboxylic acids is 2. The van der Waals surface area contributed by atoms with E-state index in [-0.39, 0.29) is 28.3 Å². The van der Waals surface area contributed by atoms with E-state index in [2.05, 4.69) is 30.6 Å². The lowest BCUT2D eigenvalue weighted by atomic mass is 9.80. The van der Waals surface area contributed by atoms with Gasteiger partial charge in [0.25, 0.3) is 35.9 Å². The number of pyridine rings is 1. The summed E-state index contributed by atoms with van der Waals surface area (Å²) in [7, 11) is -20.0. The number of aromatic nitrogens is 4. The Kier molecular flexibility index (Phi) is 15.6. The van der Waals surface area contributed by atoms with E-state index in [0.717, 1.165) is 36.4 Å². The van der Waals surface area contributed by atoms with Crippen molar-refractivity contribution in [1.29, 1.82) is 0 Å². The van der Waals surface area contributed by atoms with Crippen LogP contribution in [0.5, 0.6) is 23.5 Å². The first kappa shape index (κ1) is 58.5. The van der Waals surface area contributed by atoms with E-state index in [0.29, 0.717) is 12.1 Å². The molecule has 0 atom stereocenters. The van der Waals surface area contributed by atoms with E-state index < -0.39 is 187 Å². The van der Waals surface area contributed by atoms with Crippen molar-refractivity contribution in [3.63, 3.8) is 0 Å². The molecule has 0 fully saturated rings. The van der Waals surface area contributed by atoms with Gasteiger partial charge in [0, 0.05) is 22.1 Å². The fourth-order valence-electron chi connectivity index (χ4n) is 8.19. The van der Waals surface area contributed by atoms with Crippen LogP contribution in [0.3, 0.4) is 0 Å². The number of carbonyl (C=O) groups is 6. The average molecular weight is 1220 g/mol. The third-order valence-corrected chi connectivity index (χ3v) is 14.1. The molecule has 83 heavy (non-hydrogen) atoms. The molecule has 2 heterocycles. The summed E-state index contributed by atoms with van der Waals surface area (Å²) in [5.74, 6) is -10.7. The van der Waals surface area contributed by atoms with Crippen molar-refractivity contribution in [1.82, 2.24) is 19.9 Å². The molecule has 1 aliphatic carbocycles. The maximum Gasteiger partial charge on any atom is 0.425 e. The predicted octanol–water partition coefficient (Wildman–Crippen LogP) is 4.76. The van der Waals surface area contributed by atoms with Crippen LogP contribution in [0.25, 0.3) is 22.0 Å². The van der Waals surface area contributed by atoms with Gasteiger partial charge in [0.05, 0.1) is 56.0 Å². The van der Waals surface area contributed by atoms with Gasteiger partial charge in [-0.15, -0.1) is 17.6 Å². The number of fused-ring (bicyclic) bond motifs is 2. The summed E-state index contributed by atoms with van der Waals surface area (Å²) < 4.78 is 147. The Labute approximate surface area is 462 Å². The minimum Gasteiger partial charge on any atom is -0.478 e. The van der Waals surface area contributed by atoms with Gasteiger partial charge in [-0.25, -0.2) is 19.2 Å². The SMILES string of the molecule is O=C(O)c1cc(Oc2nc(Nc3cc(Nc4cc(S(=O)(=O)O)c5[nH]c(=O)c(C(=O)c6ccccc6)c6c5c4C(=O)c4ccccc4-6)c(S(=O)(=O)O)cc3S(=O)(=O)O)nc(Oc3cc(C(=O)O)cc(C(=O)O)c3)n2)cc(C(=O)O)c1.O=S(=O)=O. The maximum atomic E-state index is 14.7. The molecule has 0 radical (unpaired) electrons. The molecule has 0 saturated carbocycles. The highest BCUT2D eigenvalue weighted by Gasteiger charge is 2.37. The summed E-state index contributed by atoms with van der Waals surface area (Å²) in [4.78, 5) is 101. The number of nitrogens with one attached hydrogen (secondary N) is 3. The summed E-state index contributed by atoms with van der Waals surface area (Å²) >= 11 is 0. The molecule has 0 amide bonds. The largest absolute Gasteiger partial charge is 0.478 e. The van der Waals surface area contributed by atoms with E-state index in [9.17, 15) is 92.9 Å². The van der Waals surface area contributed by atoms with Crippen LogP contribution < -0.4 is 25.7 Å². The minimum atomic E-state index is -5.72. The van der Waals surface area contributed by atoms with Crippen LogP contribution in [0.4, 0.5) is 23.0 Å². The highest BCUT2D eigenvalue weighted by Crippen LogP contribution is 2.47. The van der Waals surface area contributed by atoms with Crippen LogP contribution in [0.2, 0.25) is 0 Å². The molecule has 35 heteroatoms. The van der Waals surface area contributed by atoms with Gasteiger partial charge >= 0.3 is 46.5 Å². The normalized spacial score (nSPS) is 11.8. The van der Waals surface area contributed by atoms with Gasteiger partial charge in [-0.2, -0.15) is 35.2 Å². The molecule has 0 spiro atoms. The number of aromatic carboxylic acids is 4. The Morgan fingerprint density at radius 1 is 0.494 bits per heavy atom. The molecular weight excluding hydrogens is 1190 g/mol. The smallest absolute Gasteiger partial charge is 0.425 e. The Morgan fingerprint density at radius 2 is 0.928 bits per heavy atom. The predicted molar refractivity (Wildman–Crippen MR) is 276 cm³/mol. The van der Waals surface area contributed by atoms with Gasteiger partial charge in [-0.3, -0.25) is 28.0 Å². The molecule has 6 aromatic carbocycles. The lowest BCUT2D eigenvalue weighted by molar-refractivity contribution is 0.0676. The van der Waals surface area contributed by atoms with Gasteiger partial charge in [0.15, 0.2) is 11.6 Å². The zero-order valence-electron chi connectivity index (χ0n) is 40.3. The molecule has 0 aliphatic heterocycles. The Morgan fingerprint density at radius 3 is 1.37 bits per heavy atom. The van der Waals surface area contributed by atoms with E-state index in [4.69, 9.17) is 22.1 Å². The van der Waals surface area contributed by atoms with E-state index in [1.165, 1.54) is 48.5 Å². The number of rotatable bonds is 17. The highest BCUT2D eigenvalue weighted by atomic mass is 32.2. The first-order chi connectivity index (χ1) is 38.8. The molecule has 424 valence electrons. The molecule has 8 aromatic rings. The van der Waals surface area contributed by atoms with Gasteiger partial charge in [0.2, 0.25) is 5.95 Å². The summed E-state index contributed by atoms with van der Waals surface area (Å²) in [5.41, 5.74) is -9.15. The van der Waals surface area contributed by atoms with Crippen molar-refractivity contribution in [2.45, 2.75) is 14.7 Å². The van der Waals surface area contributed by atoms with Crippen molar-refractivity contribution >= 4 is 110 Å². The average Bonchev–Trinajstić information content (AvgIpc) is 1.20. The fourth-order valence-corrected chi connectivity index (χ4v) is 10.3. The number of carboxylic acids is 4. The number of ether oxygens (including phenoxy) is 2. The number of carboxylic acid groups (broad SMARTS) is 4. The summed E-state index contributed by atoms with van der Waals surface area (Å²) in [5, 5.41) is 42.9. The number of hydrogen-bond donors (Lipinski definition) is 10. The van der Waals surface area contributed by atoms with Crippen LogP contribution in [-0.4, -0.2) is 127 Å². The third-order valence-electron chi connectivity index (χ3n) is 11.4. The lowest BCUT2D eigenvalue weighted by Gasteiger charge is -2.25. The second-order valence-electron chi connectivity index (χ2n) is 16.7. The van der Waals surface area contributed by atoms with E-state index in [1.54, 1.807) is 6.07 Å². The highest BCUT2D eigenvalue weighted by molar-refractivity contribution is 7.87. The van der Waals surface area contributed by atoms with Crippen molar-refractivity contribution in [2.24, 2.45) is 0 Å². The number of nitrogens with zero attached hydrogens (tertiary/aromatic N) is 3. The zero-order chi connectivity index (χ0) is 60.8. The molecule has 9 rings (SSSR count). The Balaban J connectivity index is 0.00000218. The summed E-state index contributed by atoms with van der Waals surface area (Å²) in [6.45, 7) is 0. The van der Waals surface area contributed by atoms with Gasteiger partial charge in [0.1, 0.15) is 26.2 Å². The van der Waals surface area contributed by atoms with Crippen molar-refractivity contribution in [3.05, 3.63) is 164 Å². The van der Waals surface area contributed by atoms with Crippen LogP contribution in [0.15, 0.2) is 129 Å². The fraction of sp³-hybridized carbons (Fsp3) is 0. The van der Waals surface area contributed by atoms with Gasteiger partial charge in [-0.1, -0.05) is 54.6 Å². The number of hydrogen-bond acceptors (Lipinski definition) is 23. The van der Waals surface area contributed by atoms with Gasteiger partial charge in [-0.05, 0) is 60.2 Å². The second kappa shape index (κ2) is 22.1. The Bertz CT molecular complexity index is 4580. The van der Waals surface area contributed by atoms with Crippen molar-refractivity contribution in [3.8, 4) is 34.6 Å². The van der Waals surface area contributed by atoms with Crippen LogP contribution in [0, 0.1) is 0 Å². The number of ketones is 2. The lowest BCUT2D eigenvalue weighted by Crippen LogP contribution is -2.25. The molecule has 10 N–H and O–H groups in total. The zero-order valence-corrected chi connectivity index (χ0v) is 43.6. The summed E-state index contributed by atoms with van der Waals surface area (Å²) in [6.07, 6.45) is 0. The van der Waals surface area contributed by atoms with Crippen molar-refractivity contribution in [2.75, 3.05) is 10.6 Å². The number of H-pyrrole nitrogens is 1. The Hall–Kier alpha value is -10.7. The molecule has 1 aliphatic rings. The molecule has 2 aromatic heterocycles. The second-order valence-corrected chi connectivity index (χ2v) is 21.3. The van der Waals surface area contributed by atoms with E-state index in [1.807, 2.05) is 0 Å². The molecular formula is C48H28N6O25S4. The van der Waals surface area contributed by atoms with Crippen LogP contribution >= 0.6 is 0 Å². The molecule has 0 saturated heterocycles. The number of benzene rings is 6. The van der Waals surface area contributed by atoms with E-state index >= 15 is 0 Å². The first-order valence-corrected chi connectivity index (χ1v) is 27.4. The standard InChI is InChI=1S/C48H28N6O22S3.O3S/c55-39(19-6-2-1-3-7-19)37-34-26-8-4-5-9-27(26)40(56)35-30(17-33(79(72,73)74)38(36(34)35)51-41(37)57)49-28-16-29(32(78(69,70)71)18-31(28)77(66,67)68)50-46-52-47(75-24-12-20(42(58)59)10-21(13-24)43(60)61)54-48(53-46)76-25-14-22(44(62)63)11-23(15-25)45(64)65;1-4(2)3/h1-18,49H,(H,51,57)(H,58,59)(H,60,61)(H,62,63)(H,64,65)(H,66,67,68)(H,69,70,71)(H,72,73,74)(H,50,52,53,54);. The molecule has 31 nitrogen and oxygen atoms in total. The third kappa shape index (κ3) is 12.4. The van der Waals surface area contributed by atoms with Crippen molar-refractivity contribution < 1.29 is 110 Å². The van der Waals surface area contributed by atoms with Crippen LogP contribution in [-0.2, 0) is 41.0 Å². The maximum absolute atomic E-state index is 14.7. The molecule has 0 bridgehead atoms. The van der Waals surface area contributed by atoms with Crippen LogP contribution in [0.1, 0.15) is 73.3 Å². The minimum absolute atomic E-state index is 0.0458. The number of aromatic amines is 1. The topological polar surface area (TPSA) is 512 Å².